The molecule has 17 heavy (non-hydrogen) atoms. The van der Waals surface area contributed by atoms with Gasteiger partial charge in [-0.2, -0.15) is 0 Å². The summed E-state index contributed by atoms with van der Waals surface area (Å²) in [5, 5.41) is 0.740. The first kappa shape index (κ1) is 14.6. The van der Waals surface area contributed by atoms with E-state index in [4.69, 9.17) is 11.6 Å². The summed E-state index contributed by atoms with van der Waals surface area (Å²) in [6, 6.07) is 7.57. The van der Waals surface area contributed by atoms with Crippen LogP contribution >= 0.6 is 11.6 Å². The molecule has 0 fully saturated rings. The quantitative estimate of drug-likeness (QED) is 0.460. The average molecular weight is 317 g/mol. The van der Waals surface area contributed by atoms with Gasteiger partial charge in [0, 0.05) is 0 Å². The van der Waals surface area contributed by atoms with Crippen molar-refractivity contribution in [2.45, 2.75) is 26.7 Å². The van der Waals surface area contributed by atoms with E-state index in [-0.39, 0.29) is 0 Å². The number of rotatable bonds is 5. The van der Waals surface area contributed by atoms with Crippen LogP contribution in [0.1, 0.15) is 26.7 Å². The minimum atomic E-state index is 0.740. The monoisotopic (exact) mass is 317 g/mol. The summed E-state index contributed by atoms with van der Waals surface area (Å²) < 4.78 is 0.955. The molecule has 0 aliphatic carbocycles. The summed E-state index contributed by atoms with van der Waals surface area (Å²) in [4.78, 5) is 6.84. The van der Waals surface area contributed by atoms with E-state index in [1.54, 1.807) is 0 Å². The predicted octanol–water partition coefficient (Wildman–Crippen LogP) is 3.62. The van der Waals surface area contributed by atoms with Gasteiger partial charge in [0.1, 0.15) is 0 Å². The molecule has 0 amide bonds. The third-order valence-electron chi connectivity index (χ3n) is 2.31. The van der Waals surface area contributed by atoms with Gasteiger partial charge in [-0.3, -0.25) is 0 Å². The predicted molar refractivity (Wildman–Crippen MR) is 76.5 cm³/mol. The third-order valence-corrected chi connectivity index (χ3v) is 3.29. The fourth-order valence-corrected chi connectivity index (χ4v) is 2.27. The van der Waals surface area contributed by atoms with Crippen LogP contribution in [0.2, 0.25) is 5.02 Å². The molecule has 0 spiro atoms. The molecule has 2 nitrogen and oxygen atoms in total. The number of amidine groups is 1. The van der Waals surface area contributed by atoms with Gasteiger partial charge >= 0.3 is 117 Å². The van der Waals surface area contributed by atoms with Crippen LogP contribution in [-0.4, -0.2) is 38.7 Å². The van der Waals surface area contributed by atoms with Crippen molar-refractivity contribution in [3.05, 3.63) is 29.3 Å². The van der Waals surface area contributed by atoms with Crippen molar-refractivity contribution in [2.75, 3.05) is 13.1 Å². The van der Waals surface area contributed by atoms with Crippen molar-refractivity contribution in [3.63, 3.8) is 0 Å². The molecule has 0 saturated heterocycles. The van der Waals surface area contributed by atoms with Gasteiger partial charge in [-0.1, -0.05) is 0 Å². The van der Waals surface area contributed by atoms with E-state index in [1.165, 1.54) is 0 Å². The second kappa shape index (κ2) is 7.75. The van der Waals surface area contributed by atoms with Crippen LogP contribution in [-0.2, 0) is 0 Å². The van der Waals surface area contributed by atoms with Crippen LogP contribution in [0.15, 0.2) is 29.3 Å². The number of halogens is 1. The summed E-state index contributed by atoms with van der Waals surface area (Å²) >= 11 is 8.90. The Hall–Kier alpha value is -0.501. The van der Waals surface area contributed by atoms with Crippen molar-refractivity contribution in [3.8, 4) is 0 Å². The van der Waals surface area contributed by atoms with Crippen LogP contribution in [0.5, 0.6) is 0 Å². The molecule has 1 radical (unpaired) electrons. The molecule has 0 N–H and O–H groups in total. The standard InChI is InChI=1S/C13H18ClN2Se/c1-3-9-16(10-4-2)13(17)15-12-7-5-11(14)6-8-12/h5-8H,3-4,9-10H2,1-2H3. The average Bonchev–Trinajstić information content (AvgIpc) is 2.32. The van der Waals surface area contributed by atoms with Gasteiger partial charge in [0.15, 0.2) is 0 Å². The maximum atomic E-state index is 5.84. The van der Waals surface area contributed by atoms with Crippen molar-refractivity contribution in [1.82, 2.24) is 4.90 Å². The fourth-order valence-electron chi connectivity index (χ4n) is 1.54. The molecule has 0 bridgehead atoms. The molecule has 0 saturated carbocycles. The molecule has 4 heteroatoms. The van der Waals surface area contributed by atoms with Crippen LogP contribution in [0.3, 0.4) is 0 Å². The molecular formula is C13H18ClN2Se. The molecule has 1 aromatic carbocycles. The Balaban J connectivity index is 2.77. The number of hydrogen-bond acceptors (Lipinski definition) is 1. The molecule has 0 heterocycles. The van der Waals surface area contributed by atoms with Crippen LogP contribution in [0.25, 0.3) is 0 Å². The van der Waals surface area contributed by atoms with Gasteiger partial charge < -0.3 is 0 Å². The number of nitrogens with zero attached hydrogens (tertiary/aromatic N) is 2. The first-order valence-electron chi connectivity index (χ1n) is 5.93. The summed E-state index contributed by atoms with van der Waals surface area (Å²) in [5.41, 5.74) is 0.931. The molecule has 0 aliphatic rings. The van der Waals surface area contributed by atoms with Gasteiger partial charge in [-0.15, -0.1) is 0 Å². The Bertz CT molecular complexity index is 356. The first-order chi connectivity index (χ1) is 8.17. The van der Waals surface area contributed by atoms with E-state index >= 15 is 0 Å². The van der Waals surface area contributed by atoms with Crippen molar-refractivity contribution < 1.29 is 0 Å². The van der Waals surface area contributed by atoms with E-state index in [1.807, 2.05) is 24.3 Å². The summed E-state index contributed by atoms with van der Waals surface area (Å²) in [5.74, 6) is 0. The van der Waals surface area contributed by atoms with E-state index in [0.717, 1.165) is 41.4 Å². The summed E-state index contributed by atoms with van der Waals surface area (Å²) in [6.45, 7) is 6.43. The van der Waals surface area contributed by atoms with Gasteiger partial charge in [0.2, 0.25) is 0 Å². The normalized spacial score (nSPS) is 11.6. The number of hydrogen-bond donors (Lipinski definition) is 0. The van der Waals surface area contributed by atoms with E-state index < -0.39 is 0 Å². The van der Waals surface area contributed by atoms with Crippen molar-refractivity contribution in [1.29, 1.82) is 0 Å². The minimum absolute atomic E-state index is 0.740. The zero-order valence-electron chi connectivity index (χ0n) is 10.3. The summed E-state index contributed by atoms with van der Waals surface area (Å²) in [7, 11) is 0. The fraction of sp³-hybridized carbons (Fsp3) is 0.462. The molecule has 0 aliphatic heterocycles. The summed E-state index contributed by atoms with van der Waals surface area (Å²) in [6.07, 6.45) is 2.25. The molecule has 0 aromatic heterocycles. The number of aliphatic imine (C=N–C) groups is 1. The zero-order chi connectivity index (χ0) is 12.7. The zero-order valence-corrected chi connectivity index (χ0v) is 12.8. The van der Waals surface area contributed by atoms with Gasteiger partial charge in [-0.25, -0.2) is 0 Å². The Kier molecular flexibility index (Phi) is 6.64. The Morgan fingerprint density at radius 3 is 2.18 bits per heavy atom. The SMILES string of the molecule is CCCN(CCC)C([Se])=Nc1ccc(Cl)cc1. The molecule has 1 aromatic rings. The maximum absolute atomic E-state index is 5.84. The molecule has 93 valence electrons. The van der Waals surface area contributed by atoms with Gasteiger partial charge in [-0.05, 0) is 0 Å². The molecular weight excluding hydrogens is 299 g/mol. The van der Waals surface area contributed by atoms with E-state index in [0.29, 0.717) is 0 Å². The van der Waals surface area contributed by atoms with Crippen LogP contribution < -0.4 is 0 Å². The Labute approximate surface area is 117 Å². The topological polar surface area (TPSA) is 15.6 Å². The molecule has 0 unspecified atom stereocenters. The second-order valence-electron chi connectivity index (χ2n) is 3.86. The van der Waals surface area contributed by atoms with Crippen molar-refractivity contribution in [2.24, 2.45) is 4.99 Å². The van der Waals surface area contributed by atoms with Crippen LogP contribution in [0.4, 0.5) is 5.69 Å². The first-order valence-corrected chi connectivity index (χ1v) is 7.17. The Morgan fingerprint density at radius 2 is 1.71 bits per heavy atom. The van der Waals surface area contributed by atoms with Crippen LogP contribution in [0, 0.1) is 0 Å². The van der Waals surface area contributed by atoms with Gasteiger partial charge in [0.25, 0.3) is 0 Å². The molecule has 0 atom stereocenters. The Morgan fingerprint density at radius 1 is 1.18 bits per heavy atom. The second-order valence-corrected chi connectivity index (χ2v) is 5.06. The van der Waals surface area contributed by atoms with E-state index in [2.05, 4.69) is 39.8 Å². The molecule has 1 rings (SSSR count). The van der Waals surface area contributed by atoms with Crippen molar-refractivity contribution >= 4 is 38.0 Å². The third kappa shape index (κ3) is 5.11. The van der Waals surface area contributed by atoms with E-state index in [9.17, 15) is 0 Å². The van der Waals surface area contributed by atoms with Gasteiger partial charge in [0.05, 0.1) is 0 Å². The number of benzene rings is 1.